The minimum Gasteiger partial charge on any atom is -0.363 e. The summed E-state index contributed by atoms with van der Waals surface area (Å²) in [5.41, 5.74) is 0. The van der Waals surface area contributed by atoms with Gasteiger partial charge in [0.25, 0.3) is 0 Å². The van der Waals surface area contributed by atoms with E-state index < -0.39 is 0 Å². The second-order valence-corrected chi connectivity index (χ2v) is 2.75. The highest BCUT2D eigenvalue weighted by Gasteiger charge is 2.05. The predicted molar refractivity (Wildman–Crippen MR) is 51.2 cm³/mol. The lowest BCUT2D eigenvalue weighted by Crippen LogP contribution is -2.29. The first-order valence-corrected chi connectivity index (χ1v) is 4.48. The molecule has 0 aromatic rings. The van der Waals surface area contributed by atoms with E-state index in [0.717, 1.165) is 6.54 Å². The molecule has 0 amide bonds. The highest BCUT2D eigenvalue weighted by atomic mass is 15.1. The average Bonchev–Trinajstić information content (AvgIpc) is 2.03. The third-order valence-corrected chi connectivity index (χ3v) is 1.96. The maximum Gasteiger partial charge on any atom is 0.0849 e. The normalized spacial score (nSPS) is 11.4. The van der Waals surface area contributed by atoms with E-state index in [1.54, 1.807) is 0 Å². The first kappa shape index (κ1) is 10.5. The largest absolute Gasteiger partial charge is 0.363 e. The molecule has 0 fully saturated rings. The maximum atomic E-state index is 4.19. The van der Waals surface area contributed by atoms with Crippen molar-refractivity contribution in [3.8, 4) is 0 Å². The zero-order chi connectivity index (χ0) is 8.69. The van der Waals surface area contributed by atoms with Gasteiger partial charge >= 0.3 is 0 Å². The van der Waals surface area contributed by atoms with E-state index in [9.17, 15) is 0 Å². The van der Waals surface area contributed by atoms with Crippen molar-refractivity contribution < 1.29 is 0 Å². The lowest BCUT2D eigenvalue weighted by atomic mass is 10.1. The van der Waals surface area contributed by atoms with Crippen LogP contribution in [0.5, 0.6) is 0 Å². The molecule has 2 nitrogen and oxygen atoms in total. The van der Waals surface area contributed by atoms with Gasteiger partial charge in [0, 0.05) is 19.6 Å². The van der Waals surface area contributed by atoms with Crippen molar-refractivity contribution in [1.29, 1.82) is 0 Å². The molecule has 0 unspecified atom stereocenters. The molecule has 0 rings (SSSR count). The number of hydrogen-bond donors (Lipinski definition) is 0. The summed E-state index contributed by atoms with van der Waals surface area (Å²) in [6.07, 6.45) is 4.34. The molecule has 0 saturated carbocycles. The van der Waals surface area contributed by atoms with Gasteiger partial charge in [-0.2, -0.15) is 0 Å². The molecule has 11 heavy (non-hydrogen) atoms. The Morgan fingerprint density at radius 3 is 2.18 bits per heavy atom. The van der Waals surface area contributed by atoms with Gasteiger partial charge in [0.1, 0.15) is 0 Å². The van der Waals surface area contributed by atoms with Gasteiger partial charge in [0.05, 0.1) is 6.34 Å². The van der Waals surface area contributed by atoms with E-state index in [1.807, 2.05) is 6.34 Å². The summed E-state index contributed by atoms with van der Waals surface area (Å²) in [5.74, 6) is 0. The van der Waals surface area contributed by atoms with Gasteiger partial charge in [0.2, 0.25) is 0 Å². The Balaban J connectivity index is 3.77. The Bertz CT molecular complexity index is 106. The number of nitrogens with zero attached hydrogens (tertiary/aromatic N) is 2. The first-order chi connectivity index (χ1) is 5.26. The van der Waals surface area contributed by atoms with Crippen LogP contribution in [0.4, 0.5) is 0 Å². The first-order valence-electron chi connectivity index (χ1n) is 4.48. The quantitative estimate of drug-likeness (QED) is 0.440. The monoisotopic (exact) mass is 156 g/mol. The molecule has 2 heteroatoms. The fraction of sp³-hybridized carbons (Fsp3) is 0.889. The topological polar surface area (TPSA) is 15.6 Å². The molecule has 0 aliphatic rings. The summed E-state index contributed by atoms with van der Waals surface area (Å²) in [6.45, 7) is 7.36. The zero-order valence-electron chi connectivity index (χ0n) is 8.17. The Labute approximate surface area is 70.3 Å². The molecule has 0 aliphatic heterocycles. The van der Waals surface area contributed by atoms with Crippen molar-refractivity contribution in [2.24, 2.45) is 4.99 Å². The van der Waals surface area contributed by atoms with Gasteiger partial charge in [-0.05, 0) is 19.8 Å². The summed E-state index contributed by atoms with van der Waals surface area (Å²) in [4.78, 5) is 6.39. The molecular formula is C9H20N2. The Morgan fingerprint density at radius 2 is 1.82 bits per heavy atom. The molecule has 0 bridgehead atoms. The summed E-state index contributed by atoms with van der Waals surface area (Å²) < 4.78 is 0. The summed E-state index contributed by atoms with van der Waals surface area (Å²) in [5, 5.41) is 0. The van der Waals surface area contributed by atoms with Crippen molar-refractivity contribution in [2.75, 3.05) is 13.6 Å². The maximum absolute atomic E-state index is 4.19. The van der Waals surface area contributed by atoms with E-state index in [4.69, 9.17) is 0 Å². The molecule has 0 spiro atoms. The Kier molecular flexibility index (Phi) is 5.90. The van der Waals surface area contributed by atoms with Crippen molar-refractivity contribution >= 4 is 6.34 Å². The van der Waals surface area contributed by atoms with Crippen LogP contribution in [-0.2, 0) is 0 Å². The molecular weight excluding hydrogens is 136 g/mol. The standard InChI is InChI=1S/C9H20N2/c1-5-9(6-2)11(4)8-10-7-3/h8-9H,5-7H2,1-4H3/b10-8-. The number of rotatable bonds is 5. The number of aliphatic imine (C=N–C) groups is 1. The summed E-state index contributed by atoms with van der Waals surface area (Å²) >= 11 is 0. The van der Waals surface area contributed by atoms with Crippen LogP contribution < -0.4 is 0 Å². The van der Waals surface area contributed by atoms with Crippen LogP contribution in [0.25, 0.3) is 0 Å². The van der Waals surface area contributed by atoms with Crippen LogP contribution in [0.1, 0.15) is 33.6 Å². The minimum atomic E-state index is 0.658. The third kappa shape index (κ3) is 4.02. The van der Waals surface area contributed by atoms with Crippen LogP contribution in [-0.4, -0.2) is 30.9 Å². The highest BCUT2D eigenvalue weighted by molar-refractivity contribution is 5.54. The average molecular weight is 156 g/mol. The second-order valence-electron chi connectivity index (χ2n) is 2.75. The van der Waals surface area contributed by atoms with Crippen molar-refractivity contribution in [3.63, 3.8) is 0 Å². The van der Waals surface area contributed by atoms with Gasteiger partial charge in [-0.25, -0.2) is 0 Å². The van der Waals surface area contributed by atoms with E-state index in [2.05, 4.69) is 37.7 Å². The molecule has 0 aromatic heterocycles. The predicted octanol–water partition coefficient (Wildman–Crippen LogP) is 2.16. The molecule has 0 aromatic carbocycles. The van der Waals surface area contributed by atoms with Crippen LogP contribution in [0, 0.1) is 0 Å². The smallest absolute Gasteiger partial charge is 0.0849 e. The van der Waals surface area contributed by atoms with Gasteiger partial charge in [-0.1, -0.05) is 13.8 Å². The SMILES string of the molecule is CC/N=C\N(C)C(CC)CC. The molecule has 0 radical (unpaired) electrons. The van der Waals surface area contributed by atoms with Crippen LogP contribution >= 0.6 is 0 Å². The zero-order valence-corrected chi connectivity index (χ0v) is 8.17. The highest BCUT2D eigenvalue weighted by Crippen LogP contribution is 2.02. The van der Waals surface area contributed by atoms with E-state index in [1.165, 1.54) is 12.8 Å². The van der Waals surface area contributed by atoms with Gasteiger partial charge < -0.3 is 4.90 Å². The van der Waals surface area contributed by atoms with Gasteiger partial charge in [0.15, 0.2) is 0 Å². The Hall–Kier alpha value is -0.530. The van der Waals surface area contributed by atoms with E-state index in [0.29, 0.717) is 6.04 Å². The third-order valence-electron chi connectivity index (χ3n) is 1.96. The molecule has 66 valence electrons. The van der Waals surface area contributed by atoms with E-state index >= 15 is 0 Å². The molecule has 0 heterocycles. The molecule has 0 atom stereocenters. The fourth-order valence-corrected chi connectivity index (χ4v) is 1.17. The molecule has 0 N–H and O–H groups in total. The van der Waals surface area contributed by atoms with Crippen molar-refractivity contribution in [1.82, 2.24) is 4.90 Å². The summed E-state index contributed by atoms with van der Waals surface area (Å²) in [7, 11) is 2.09. The minimum absolute atomic E-state index is 0.658. The lowest BCUT2D eigenvalue weighted by Gasteiger charge is -2.23. The van der Waals surface area contributed by atoms with Gasteiger partial charge in [-0.15, -0.1) is 0 Å². The fourth-order valence-electron chi connectivity index (χ4n) is 1.17. The second kappa shape index (κ2) is 6.20. The van der Waals surface area contributed by atoms with Crippen molar-refractivity contribution in [3.05, 3.63) is 0 Å². The lowest BCUT2D eigenvalue weighted by molar-refractivity contribution is 0.354. The molecule has 0 aliphatic carbocycles. The van der Waals surface area contributed by atoms with Crippen LogP contribution in [0.2, 0.25) is 0 Å². The Morgan fingerprint density at radius 1 is 1.27 bits per heavy atom. The van der Waals surface area contributed by atoms with Crippen molar-refractivity contribution in [2.45, 2.75) is 39.7 Å². The van der Waals surface area contributed by atoms with Crippen LogP contribution in [0.15, 0.2) is 4.99 Å². The van der Waals surface area contributed by atoms with E-state index in [-0.39, 0.29) is 0 Å². The van der Waals surface area contributed by atoms with Gasteiger partial charge in [-0.3, -0.25) is 4.99 Å². The summed E-state index contributed by atoms with van der Waals surface area (Å²) in [6, 6.07) is 0.658. The number of hydrogen-bond acceptors (Lipinski definition) is 1. The molecule has 0 saturated heterocycles. The van der Waals surface area contributed by atoms with Crippen LogP contribution in [0.3, 0.4) is 0 Å².